The average Bonchev–Trinajstić information content (AvgIpc) is 3.47. The van der Waals surface area contributed by atoms with Crippen LogP contribution in [0.15, 0.2) is 23.6 Å². The summed E-state index contributed by atoms with van der Waals surface area (Å²) in [4.78, 5) is 47.4. The third-order valence-electron chi connectivity index (χ3n) is 4.36. The Kier molecular flexibility index (Phi) is 5.92. The normalized spacial score (nSPS) is 12.9. The van der Waals surface area contributed by atoms with E-state index < -0.39 is 28.5 Å². The number of esters is 2. The number of hydrogen-bond donors (Lipinski definition) is 1. The van der Waals surface area contributed by atoms with Gasteiger partial charge < -0.3 is 14.8 Å². The fraction of sp³-hybridized carbons (Fsp3) is 0.316. The van der Waals surface area contributed by atoms with Crippen LogP contribution in [0.5, 0.6) is 0 Å². The van der Waals surface area contributed by atoms with Crippen molar-refractivity contribution in [3.63, 3.8) is 0 Å². The molecule has 0 saturated heterocycles. The van der Waals surface area contributed by atoms with Gasteiger partial charge in [0, 0.05) is 17.7 Å². The van der Waals surface area contributed by atoms with E-state index in [1.165, 1.54) is 17.4 Å². The molecule has 152 valence electrons. The highest BCUT2D eigenvalue weighted by atomic mass is 32.1. The second kappa shape index (κ2) is 8.39. The third kappa shape index (κ3) is 4.43. The summed E-state index contributed by atoms with van der Waals surface area (Å²) in [5.74, 6) is -1.75. The Labute approximate surface area is 169 Å². The summed E-state index contributed by atoms with van der Waals surface area (Å²) in [6.45, 7) is 1.89. The summed E-state index contributed by atoms with van der Waals surface area (Å²) in [6.07, 6.45) is 1.92. The Morgan fingerprint density at radius 3 is 2.48 bits per heavy atom. The second-order valence-corrected chi connectivity index (χ2v) is 7.24. The van der Waals surface area contributed by atoms with Gasteiger partial charge in [-0.2, -0.15) is 0 Å². The van der Waals surface area contributed by atoms with Crippen molar-refractivity contribution in [2.24, 2.45) is 0 Å². The molecule has 1 aromatic carbocycles. The minimum Gasteiger partial charge on any atom is -0.465 e. The minimum atomic E-state index is -0.804. The van der Waals surface area contributed by atoms with Gasteiger partial charge in [-0.3, -0.25) is 14.9 Å². The van der Waals surface area contributed by atoms with Crippen LogP contribution in [0.2, 0.25) is 0 Å². The van der Waals surface area contributed by atoms with E-state index in [4.69, 9.17) is 4.74 Å². The number of nitrogens with zero attached hydrogens (tertiary/aromatic N) is 1. The summed E-state index contributed by atoms with van der Waals surface area (Å²) in [7, 11) is 1.14. The van der Waals surface area contributed by atoms with Crippen molar-refractivity contribution >= 4 is 39.9 Å². The largest absolute Gasteiger partial charge is 0.465 e. The Balaban J connectivity index is 1.94. The number of thiophene rings is 1. The molecule has 2 aromatic rings. The molecule has 1 fully saturated rings. The molecular formula is C19H18N2O7S. The van der Waals surface area contributed by atoms with E-state index in [9.17, 15) is 24.5 Å². The predicted molar refractivity (Wildman–Crippen MR) is 105 cm³/mol. The SMILES string of the molecule is CCOC(=O)c1c(C2CC2)csc1NC(=O)c1cc(C(=O)OC)cc([N+](=O)[O-])c1. The molecule has 10 heteroatoms. The first-order valence-electron chi connectivity index (χ1n) is 8.83. The van der Waals surface area contributed by atoms with Crippen LogP contribution in [-0.2, 0) is 9.47 Å². The first-order valence-corrected chi connectivity index (χ1v) is 9.71. The van der Waals surface area contributed by atoms with E-state index in [1.54, 1.807) is 6.92 Å². The van der Waals surface area contributed by atoms with Crippen molar-refractivity contribution < 1.29 is 28.8 Å². The van der Waals surface area contributed by atoms with E-state index in [2.05, 4.69) is 10.1 Å². The van der Waals surface area contributed by atoms with Crippen molar-refractivity contribution in [3.05, 3.63) is 55.9 Å². The van der Waals surface area contributed by atoms with Gasteiger partial charge >= 0.3 is 11.9 Å². The summed E-state index contributed by atoms with van der Waals surface area (Å²) in [5.41, 5.74) is 0.496. The second-order valence-electron chi connectivity index (χ2n) is 6.36. The first kappa shape index (κ1) is 20.5. The predicted octanol–water partition coefficient (Wildman–Crippen LogP) is 3.75. The summed E-state index contributed by atoms with van der Waals surface area (Å²) < 4.78 is 9.70. The number of benzene rings is 1. The smallest absolute Gasteiger partial charge is 0.341 e. The summed E-state index contributed by atoms with van der Waals surface area (Å²) in [5, 5.41) is 15.9. The molecule has 1 aromatic heterocycles. The fourth-order valence-corrected chi connectivity index (χ4v) is 3.86. The molecule has 1 saturated carbocycles. The molecule has 1 N–H and O–H groups in total. The molecule has 0 unspecified atom stereocenters. The van der Waals surface area contributed by atoms with Gasteiger partial charge in [0.15, 0.2) is 0 Å². The zero-order chi connectivity index (χ0) is 21.1. The van der Waals surface area contributed by atoms with Crippen LogP contribution < -0.4 is 5.32 Å². The zero-order valence-corrected chi connectivity index (χ0v) is 16.5. The van der Waals surface area contributed by atoms with Crippen LogP contribution in [0, 0.1) is 10.1 Å². The van der Waals surface area contributed by atoms with E-state index in [1.807, 2.05) is 5.38 Å². The van der Waals surface area contributed by atoms with Gasteiger partial charge in [-0.05, 0) is 42.7 Å². The Morgan fingerprint density at radius 1 is 1.21 bits per heavy atom. The lowest BCUT2D eigenvalue weighted by molar-refractivity contribution is -0.384. The summed E-state index contributed by atoms with van der Waals surface area (Å²) in [6, 6.07) is 3.29. The lowest BCUT2D eigenvalue weighted by Gasteiger charge is -2.09. The van der Waals surface area contributed by atoms with Gasteiger partial charge in [-0.15, -0.1) is 11.3 Å². The van der Waals surface area contributed by atoms with Gasteiger partial charge in [-0.1, -0.05) is 0 Å². The standard InChI is InChI=1S/C19H18N2O7S/c1-3-28-19(24)15-14(10-4-5-10)9-29-17(15)20-16(22)11-6-12(18(23)27-2)8-13(7-11)21(25)26/h6-10H,3-5H2,1-2H3,(H,20,22). The third-order valence-corrected chi connectivity index (χ3v) is 5.27. The maximum absolute atomic E-state index is 12.7. The van der Waals surface area contributed by atoms with E-state index in [-0.39, 0.29) is 23.7 Å². The number of anilines is 1. The number of nitro benzene ring substituents is 1. The van der Waals surface area contributed by atoms with Crippen molar-refractivity contribution in [3.8, 4) is 0 Å². The molecule has 29 heavy (non-hydrogen) atoms. The van der Waals surface area contributed by atoms with Crippen LogP contribution in [0.1, 0.15) is 62.3 Å². The van der Waals surface area contributed by atoms with Crippen LogP contribution in [0.3, 0.4) is 0 Å². The number of carbonyl (C=O) groups is 3. The first-order chi connectivity index (χ1) is 13.8. The number of carbonyl (C=O) groups excluding carboxylic acids is 3. The van der Waals surface area contributed by atoms with Gasteiger partial charge in [0.05, 0.1) is 29.8 Å². The molecule has 0 spiro atoms. The molecule has 1 amide bonds. The van der Waals surface area contributed by atoms with Crippen LogP contribution >= 0.6 is 11.3 Å². The van der Waals surface area contributed by atoms with Gasteiger partial charge in [0.1, 0.15) is 5.00 Å². The Bertz CT molecular complexity index is 994. The fourth-order valence-electron chi connectivity index (χ4n) is 2.83. The highest BCUT2D eigenvalue weighted by Crippen LogP contribution is 2.46. The number of amides is 1. The number of ether oxygens (including phenoxy) is 2. The quantitative estimate of drug-likeness (QED) is 0.412. The molecule has 0 atom stereocenters. The van der Waals surface area contributed by atoms with E-state index >= 15 is 0 Å². The number of methoxy groups -OCH3 is 1. The minimum absolute atomic E-state index is 0.101. The molecule has 9 nitrogen and oxygen atoms in total. The van der Waals surface area contributed by atoms with Crippen LogP contribution in [-0.4, -0.2) is 36.5 Å². The van der Waals surface area contributed by atoms with Gasteiger partial charge in [-0.25, -0.2) is 9.59 Å². The highest BCUT2D eigenvalue weighted by Gasteiger charge is 2.32. The summed E-state index contributed by atoms with van der Waals surface area (Å²) >= 11 is 1.19. The number of rotatable bonds is 7. The lowest BCUT2D eigenvalue weighted by atomic mass is 10.1. The number of nitro groups is 1. The monoisotopic (exact) mass is 418 g/mol. The van der Waals surface area contributed by atoms with E-state index in [0.717, 1.165) is 37.6 Å². The molecule has 1 heterocycles. The molecule has 1 aliphatic rings. The zero-order valence-electron chi connectivity index (χ0n) is 15.7. The Hall–Kier alpha value is -3.27. The number of non-ortho nitro benzene ring substituents is 1. The maximum Gasteiger partial charge on any atom is 0.341 e. The maximum atomic E-state index is 12.7. The van der Waals surface area contributed by atoms with E-state index in [0.29, 0.717) is 10.6 Å². The highest BCUT2D eigenvalue weighted by molar-refractivity contribution is 7.15. The Morgan fingerprint density at radius 2 is 1.90 bits per heavy atom. The number of hydrogen-bond acceptors (Lipinski definition) is 8. The van der Waals surface area contributed by atoms with Crippen LogP contribution in [0.4, 0.5) is 10.7 Å². The number of nitrogens with one attached hydrogen (secondary N) is 1. The molecule has 0 bridgehead atoms. The molecule has 1 aliphatic carbocycles. The van der Waals surface area contributed by atoms with Gasteiger partial charge in [0.2, 0.25) is 0 Å². The van der Waals surface area contributed by atoms with Crippen LogP contribution in [0.25, 0.3) is 0 Å². The lowest BCUT2D eigenvalue weighted by Crippen LogP contribution is -2.16. The van der Waals surface area contributed by atoms with Gasteiger partial charge in [0.25, 0.3) is 11.6 Å². The molecular weight excluding hydrogens is 400 g/mol. The average molecular weight is 418 g/mol. The van der Waals surface area contributed by atoms with Crippen molar-refractivity contribution in [1.29, 1.82) is 0 Å². The van der Waals surface area contributed by atoms with Crippen molar-refractivity contribution in [2.75, 3.05) is 19.0 Å². The molecule has 3 rings (SSSR count). The van der Waals surface area contributed by atoms with Crippen molar-refractivity contribution in [1.82, 2.24) is 0 Å². The molecule has 0 radical (unpaired) electrons. The molecule has 0 aliphatic heterocycles. The van der Waals surface area contributed by atoms with Crippen molar-refractivity contribution in [2.45, 2.75) is 25.7 Å². The topological polar surface area (TPSA) is 125 Å².